The Labute approximate surface area is 243 Å². The maximum Gasteiger partial charge on any atom is 0.168 e. The first kappa shape index (κ1) is 30.4. The van der Waals surface area contributed by atoms with E-state index in [1.165, 1.54) is 27.4 Å². The predicted molar refractivity (Wildman–Crippen MR) is 178 cm³/mol. The van der Waals surface area contributed by atoms with E-state index < -0.39 is 0 Å². The Morgan fingerprint density at radius 1 is 0.846 bits per heavy atom. The molecule has 0 fully saturated rings. The van der Waals surface area contributed by atoms with Crippen LogP contribution in [-0.2, 0) is 0 Å². The van der Waals surface area contributed by atoms with Gasteiger partial charge in [-0.2, -0.15) is 0 Å². The summed E-state index contributed by atoms with van der Waals surface area (Å²) in [6.07, 6.45) is 18.8. The fraction of sp³-hybridized carbons (Fsp3) is 0.242. The van der Waals surface area contributed by atoms with Crippen LogP contribution in [-0.4, -0.2) is 64.1 Å². The van der Waals surface area contributed by atoms with Crippen molar-refractivity contribution in [2.24, 2.45) is 0 Å². The van der Waals surface area contributed by atoms with E-state index in [9.17, 15) is 0 Å². The summed E-state index contributed by atoms with van der Waals surface area (Å²) in [7, 11) is 12.2. The van der Waals surface area contributed by atoms with E-state index in [4.69, 9.17) is 0 Å². The zero-order chi connectivity index (χ0) is 28.0. The molecule has 1 aliphatic rings. The molecule has 3 rings (SSSR count). The quantitative estimate of drug-likeness (QED) is 0.0946. The summed E-state index contributed by atoms with van der Waals surface area (Å²) in [6, 6.07) is 17.5. The van der Waals surface area contributed by atoms with Gasteiger partial charge in [0, 0.05) is 67.8 Å². The number of anilines is 2. The maximum atomic E-state index is 4.04. The third-order valence-corrected chi connectivity index (χ3v) is 8.57. The normalized spacial score (nSPS) is 15.0. The number of hydrogen-bond acceptors (Lipinski definition) is 4. The van der Waals surface area contributed by atoms with Crippen LogP contribution in [0.25, 0.3) is 12.2 Å². The summed E-state index contributed by atoms with van der Waals surface area (Å²) in [4.78, 5) is 5.95. The lowest BCUT2D eigenvalue weighted by molar-refractivity contribution is -0.763. The number of allylic oxidation sites excluding steroid dienone is 6. The van der Waals surface area contributed by atoms with Crippen LogP contribution in [0.5, 0.6) is 0 Å². The standard InChI is InChI=1S/C33H41N4S2/c1-28(19-21-34(2)3)7-8-29-11-15-32(16-12-29)36(5)23-25-38-39-26-24-37(6)33-17-13-30(14-18-33)9-10-31-20-22-35(4)27-31/h7-22,27H,1-2,23-26H2,3-6H3/q+1/p+1/b8-7+,10-9+,21-19-. The number of nitrogens with zero attached hydrogens (tertiary/aromatic N) is 3. The first-order valence-electron chi connectivity index (χ1n) is 13.2. The summed E-state index contributed by atoms with van der Waals surface area (Å²) in [5.41, 5.74) is 7.08. The van der Waals surface area contributed by atoms with Crippen LogP contribution in [0.2, 0.25) is 0 Å². The molecule has 0 saturated heterocycles. The highest BCUT2D eigenvalue weighted by Crippen LogP contribution is 2.24. The topological polar surface area (TPSA) is 13.9 Å². The first-order chi connectivity index (χ1) is 18.8. The molecule has 0 radical (unpaired) electrons. The van der Waals surface area contributed by atoms with Crippen LogP contribution in [0.3, 0.4) is 0 Å². The molecule has 0 aromatic heterocycles. The molecule has 204 valence electrons. The van der Waals surface area contributed by atoms with Crippen molar-refractivity contribution in [3.8, 4) is 0 Å². The van der Waals surface area contributed by atoms with Crippen LogP contribution in [0, 0.1) is 0 Å². The van der Waals surface area contributed by atoms with E-state index in [1.54, 1.807) is 4.58 Å². The summed E-state index contributed by atoms with van der Waals surface area (Å²) in [6.45, 7) is 9.88. The van der Waals surface area contributed by atoms with Crippen LogP contribution in [0.4, 0.5) is 11.4 Å². The van der Waals surface area contributed by atoms with Crippen LogP contribution < -0.4 is 14.7 Å². The minimum atomic E-state index is 0.943. The Hall–Kier alpha value is -3.19. The van der Waals surface area contributed by atoms with Crippen molar-refractivity contribution in [1.29, 1.82) is 0 Å². The molecule has 2 aromatic rings. The molecule has 1 atom stereocenters. The molecular formula is C33H42N4S2+2. The second-order valence-electron chi connectivity index (χ2n) is 9.71. The molecule has 4 nitrogen and oxygen atoms in total. The first-order valence-corrected chi connectivity index (χ1v) is 15.7. The van der Waals surface area contributed by atoms with Gasteiger partial charge in [0.2, 0.25) is 0 Å². The van der Waals surface area contributed by atoms with Crippen LogP contribution in [0.15, 0.2) is 109 Å². The number of nitrogens with one attached hydrogen (secondary N) is 1. The van der Waals surface area contributed by atoms with Crippen molar-refractivity contribution in [2.75, 3.05) is 62.6 Å². The summed E-state index contributed by atoms with van der Waals surface area (Å²) in [5, 5.41) is 0. The summed E-state index contributed by atoms with van der Waals surface area (Å²) in [5.74, 6) is 2.18. The van der Waals surface area contributed by atoms with E-state index in [-0.39, 0.29) is 0 Å². The third kappa shape index (κ3) is 11.2. The lowest BCUT2D eigenvalue weighted by atomic mass is 10.1. The highest BCUT2D eigenvalue weighted by atomic mass is 33.1. The lowest BCUT2D eigenvalue weighted by Gasteiger charge is -2.20. The molecule has 39 heavy (non-hydrogen) atoms. The SMILES string of the molecule is C=C(/C=C\[N+](=C)C)/C=C/c1ccc(N(C)CCSSCCN(C)c2ccc(/C=C/C3=C[NH+](C)C=C3)cc2)cc1. The largest absolute Gasteiger partial charge is 0.374 e. The highest BCUT2D eigenvalue weighted by molar-refractivity contribution is 8.76. The zero-order valence-electron chi connectivity index (χ0n) is 23.7. The molecule has 1 unspecified atom stereocenters. The van der Waals surface area contributed by atoms with Crippen molar-refractivity contribution in [3.63, 3.8) is 0 Å². The van der Waals surface area contributed by atoms with Gasteiger partial charge in [-0.3, -0.25) is 4.90 Å². The zero-order valence-corrected chi connectivity index (χ0v) is 25.3. The van der Waals surface area contributed by atoms with E-state index in [2.05, 4.69) is 129 Å². The van der Waals surface area contributed by atoms with Gasteiger partial charge in [-0.25, -0.2) is 4.58 Å². The molecule has 1 heterocycles. The van der Waals surface area contributed by atoms with Gasteiger partial charge in [0.05, 0.1) is 13.2 Å². The van der Waals surface area contributed by atoms with Crippen molar-refractivity contribution in [1.82, 2.24) is 0 Å². The van der Waals surface area contributed by atoms with Gasteiger partial charge in [0.1, 0.15) is 20.0 Å². The smallest absolute Gasteiger partial charge is 0.168 e. The highest BCUT2D eigenvalue weighted by Gasteiger charge is 2.05. The van der Waals surface area contributed by atoms with E-state index in [0.717, 1.165) is 35.7 Å². The molecule has 0 amide bonds. The fourth-order valence-electron chi connectivity index (χ4n) is 3.77. The molecule has 0 saturated carbocycles. The fourth-order valence-corrected chi connectivity index (χ4v) is 5.86. The number of benzene rings is 2. The predicted octanol–water partition coefficient (Wildman–Crippen LogP) is 6.01. The second-order valence-corrected chi connectivity index (χ2v) is 12.4. The van der Waals surface area contributed by atoms with Crippen molar-refractivity contribution in [2.45, 2.75) is 0 Å². The molecule has 1 N–H and O–H groups in total. The second kappa shape index (κ2) is 16.0. The molecule has 6 heteroatoms. The van der Waals surface area contributed by atoms with Crippen molar-refractivity contribution in [3.05, 3.63) is 120 Å². The minimum Gasteiger partial charge on any atom is -0.374 e. The van der Waals surface area contributed by atoms with E-state index >= 15 is 0 Å². The maximum absolute atomic E-state index is 4.04. The summed E-state index contributed by atoms with van der Waals surface area (Å²) < 4.78 is 1.76. The van der Waals surface area contributed by atoms with Gasteiger partial charge in [0.15, 0.2) is 6.20 Å². The molecule has 0 spiro atoms. The number of hydrogen-bond donors (Lipinski definition) is 1. The molecule has 0 bridgehead atoms. The molecule has 0 aliphatic carbocycles. The van der Waals surface area contributed by atoms with Crippen LogP contribution >= 0.6 is 21.6 Å². The average molecular weight is 559 g/mol. The van der Waals surface area contributed by atoms with Crippen LogP contribution in [0.1, 0.15) is 11.1 Å². The van der Waals surface area contributed by atoms with Gasteiger partial charge < -0.3 is 9.80 Å². The molecule has 2 aromatic carbocycles. The number of quaternary nitrogens is 1. The lowest BCUT2D eigenvalue weighted by Crippen LogP contribution is -2.98. The monoisotopic (exact) mass is 558 g/mol. The van der Waals surface area contributed by atoms with Gasteiger partial charge in [-0.1, -0.05) is 70.7 Å². The Balaban J connectivity index is 1.31. The third-order valence-electron chi connectivity index (χ3n) is 6.21. The molecule has 1 aliphatic heterocycles. The average Bonchev–Trinajstić information content (AvgIpc) is 3.36. The van der Waals surface area contributed by atoms with E-state index in [0.29, 0.717) is 0 Å². The summed E-state index contributed by atoms with van der Waals surface area (Å²) >= 11 is 0. The Morgan fingerprint density at radius 2 is 1.38 bits per heavy atom. The Kier molecular flexibility index (Phi) is 12.5. The van der Waals surface area contributed by atoms with Gasteiger partial charge in [-0.05, 0) is 47.0 Å². The van der Waals surface area contributed by atoms with Gasteiger partial charge >= 0.3 is 0 Å². The van der Waals surface area contributed by atoms with Gasteiger partial charge in [0.25, 0.3) is 0 Å². The van der Waals surface area contributed by atoms with Gasteiger partial charge in [-0.15, -0.1) is 0 Å². The Morgan fingerprint density at radius 3 is 1.87 bits per heavy atom. The Bertz CT molecular complexity index is 1240. The van der Waals surface area contributed by atoms with Crippen molar-refractivity contribution < 1.29 is 9.48 Å². The van der Waals surface area contributed by atoms with Crippen molar-refractivity contribution >= 4 is 51.8 Å². The number of rotatable bonds is 15. The minimum absolute atomic E-state index is 0.943. The van der Waals surface area contributed by atoms with E-state index in [1.807, 2.05) is 47.0 Å². The molecular weight excluding hydrogens is 517 g/mol.